The largest absolute Gasteiger partial charge is 0.368 e. The van der Waals surface area contributed by atoms with Crippen LogP contribution in [0.1, 0.15) is 0 Å². The van der Waals surface area contributed by atoms with Crippen LogP contribution in [0.25, 0.3) is 11.0 Å². The summed E-state index contributed by atoms with van der Waals surface area (Å²) in [5.41, 5.74) is 0.844. The number of nitrogens with zero attached hydrogens (tertiary/aromatic N) is 4. The van der Waals surface area contributed by atoms with Gasteiger partial charge in [0.15, 0.2) is 5.65 Å². The first-order valence-electron chi connectivity index (χ1n) is 4.84. The van der Waals surface area contributed by atoms with Crippen LogP contribution in [-0.2, 0) is 7.05 Å². The molecule has 0 atom stereocenters. The third-order valence-electron chi connectivity index (χ3n) is 2.20. The van der Waals surface area contributed by atoms with Crippen molar-refractivity contribution in [1.29, 1.82) is 0 Å². The van der Waals surface area contributed by atoms with Crippen molar-refractivity contribution in [3.63, 3.8) is 0 Å². The van der Waals surface area contributed by atoms with Gasteiger partial charge in [-0.25, -0.2) is 9.97 Å². The number of hydrogen-bond donors (Lipinski definition) is 2. The van der Waals surface area contributed by atoms with E-state index in [1.807, 2.05) is 14.1 Å². The van der Waals surface area contributed by atoms with Crippen molar-refractivity contribution >= 4 is 16.9 Å². The number of fused-ring (bicyclic) bond motifs is 1. The summed E-state index contributed by atoms with van der Waals surface area (Å²) < 4.78 is 1.74. The lowest BCUT2D eigenvalue weighted by molar-refractivity contribution is 0.785. The zero-order chi connectivity index (χ0) is 10.7. The molecule has 0 aliphatic heterocycles. The Morgan fingerprint density at radius 1 is 1.33 bits per heavy atom. The van der Waals surface area contributed by atoms with E-state index in [-0.39, 0.29) is 0 Å². The number of hydrogen-bond acceptors (Lipinski definition) is 5. The Kier molecular flexibility index (Phi) is 2.77. The van der Waals surface area contributed by atoms with Crippen molar-refractivity contribution < 1.29 is 0 Å². The van der Waals surface area contributed by atoms with Gasteiger partial charge in [-0.2, -0.15) is 5.10 Å². The van der Waals surface area contributed by atoms with E-state index in [0.29, 0.717) is 0 Å². The number of rotatable bonds is 4. The van der Waals surface area contributed by atoms with Gasteiger partial charge in [0.05, 0.1) is 11.6 Å². The van der Waals surface area contributed by atoms with Crippen LogP contribution in [0.15, 0.2) is 12.5 Å². The summed E-state index contributed by atoms with van der Waals surface area (Å²) >= 11 is 0. The van der Waals surface area contributed by atoms with Crippen LogP contribution in [0.4, 0.5) is 5.82 Å². The van der Waals surface area contributed by atoms with Crippen molar-refractivity contribution in [3.8, 4) is 0 Å². The molecule has 80 valence electrons. The molecule has 0 unspecified atom stereocenters. The van der Waals surface area contributed by atoms with E-state index in [9.17, 15) is 0 Å². The number of aryl methyl sites for hydroxylation is 1. The molecule has 6 heteroatoms. The second-order valence-electron chi connectivity index (χ2n) is 3.26. The Bertz CT molecular complexity index is 449. The fraction of sp³-hybridized carbons (Fsp3) is 0.444. The average molecular weight is 206 g/mol. The maximum absolute atomic E-state index is 4.19. The van der Waals surface area contributed by atoms with Crippen LogP contribution < -0.4 is 10.6 Å². The summed E-state index contributed by atoms with van der Waals surface area (Å²) in [5.74, 6) is 0.836. The maximum Gasteiger partial charge on any atom is 0.163 e. The summed E-state index contributed by atoms with van der Waals surface area (Å²) in [7, 11) is 3.79. The minimum atomic E-state index is 0.831. The second kappa shape index (κ2) is 4.22. The van der Waals surface area contributed by atoms with Gasteiger partial charge in [-0.15, -0.1) is 0 Å². The topological polar surface area (TPSA) is 67.7 Å². The lowest BCUT2D eigenvalue weighted by Gasteiger charge is -2.05. The van der Waals surface area contributed by atoms with Gasteiger partial charge < -0.3 is 10.6 Å². The molecule has 2 aromatic heterocycles. The Morgan fingerprint density at radius 2 is 2.20 bits per heavy atom. The molecule has 0 bridgehead atoms. The third-order valence-corrected chi connectivity index (χ3v) is 2.20. The molecule has 6 nitrogen and oxygen atoms in total. The zero-order valence-corrected chi connectivity index (χ0v) is 8.86. The molecule has 15 heavy (non-hydrogen) atoms. The number of likely N-dealkylation sites (N-methyl/N-ethyl adjacent to an activating group) is 1. The second-order valence-corrected chi connectivity index (χ2v) is 3.26. The quantitative estimate of drug-likeness (QED) is 0.689. The molecule has 0 aromatic carbocycles. The van der Waals surface area contributed by atoms with E-state index in [1.54, 1.807) is 17.2 Å². The average Bonchev–Trinajstić information content (AvgIpc) is 2.62. The van der Waals surface area contributed by atoms with Gasteiger partial charge in [0.25, 0.3) is 0 Å². The first kappa shape index (κ1) is 9.85. The van der Waals surface area contributed by atoms with Gasteiger partial charge in [0.2, 0.25) is 0 Å². The summed E-state index contributed by atoms with van der Waals surface area (Å²) in [4.78, 5) is 8.35. The van der Waals surface area contributed by atoms with Crippen LogP contribution in [0.5, 0.6) is 0 Å². The molecular formula is C9H14N6. The highest BCUT2D eigenvalue weighted by atomic mass is 15.3. The summed E-state index contributed by atoms with van der Waals surface area (Å²) in [6, 6.07) is 0. The van der Waals surface area contributed by atoms with E-state index in [4.69, 9.17) is 0 Å². The summed E-state index contributed by atoms with van der Waals surface area (Å²) in [5, 5.41) is 11.4. The molecule has 0 radical (unpaired) electrons. The maximum atomic E-state index is 4.19. The fourth-order valence-electron chi connectivity index (χ4n) is 1.41. The lowest BCUT2D eigenvalue weighted by atomic mass is 10.4. The molecule has 0 saturated heterocycles. The molecule has 2 rings (SSSR count). The van der Waals surface area contributed by atoms with E-state index >= 15 is 0 Å². The highest BCUT2D eigenvalue weighted by Gasteiger charge is 2.06. The fourth-order valence-corrected chi connectivity index (χ4v) is 1.41. The van der Waals surface area contributed by atoms with Gasteiger partial charge in [-0.3, -0.25) is 4.68 Å². The normalized spacial score (nSPS) is 10.8. The van der Waals surface area contributed by atoms with E-state index in [0.717, 1.165) is 29.9 Å². The van der Waals surface area contributed by atoms with Crippen LogP contribution in [0.2, 0.25) is 0 Å². The standard InChI is InChI=1S/C9H14N6/c1-10-3-4-11-8-7-5-14-15(2)9(7)13-6-12-8/h5-6,10H,3-4H2,1-2H3,(H,11,12,13). The molecule has 0 aliphatic rings. The van der Waals surface area contributed by atoms with E-state index in [1.165, 1.54) is 0 Å². The molecule has 2 N–H and O–H groups in total. The monoisotopic (exact) mass is 206 g/mol. The highest BCUT2D eigenvalue weighted by molar-refractivity contribution is 5.85. The van der Waals surface area contributed by atoms with Gasteiger partial charge in [0.1, 0.15) is 12.1 Å². The highest BCUT2D eigenvalue weighted by Crippen LogP contribution is 2.16. The molecule has 0 amide bonds. The SMILES string of the molecule is CNCCNc1ncnc2c1cnn2C. The van der Waals surface area contributed by atoms with E-state index in [2.05, 4.69) is 25.7 Å². The van der Waals surface area contributed by atoms with Gasteiger partial charge in [0, 0.05) is 20.1 Å². The Labute approximate surface area is 87.7 Å². The Balaban J connectivity index is 2.26. The predicted octanol–water partition coefficient (Wildman–Crippen LogP) is -0.00540. The lowest BCUT2D eigenvalue weighted by Crippen LogP contribution is -2.18. The Morgan fingerprint density at radius 3 is 3.00 bits per heavy atom. The van der Waals surface area contributed by atoms with Crippen molar-refractivity contribution in [3.05, 3.63) is 12.5 Å². The number of anilines is 1. The van der Waals surface area contributed by atoms with Crippen LogP contribution in [-0.4, -0.2) is 39.9 Å². The first-order valence-corrected chi connectivity index (χ1v) is 4.84. The third kappa shape index (κ3) is 1.89. The molecule has 0 spiro atoms. The molecule has 0 saturated carbocycles. The van der Waals surface area contributed by atoms with Crippen molar-refractivity contribution in [2.24, 2.45) is 7.05 Å². The van der Waals surface area contributed by atoms with Crippen molar-refractivity contribution in [1.82, 2.24) is 25.1 Å². The smallest absolute Gasteiger partial charge is 0.163 e. The van der Waals surface area contributed by atoms with Crippen LogP contribution in [0, 0.1) is 0 Å². The number of aromatic nitrogens is 4. The molecule has 0 aliphatic carbocycles. The molecule has 2 heterocycles. The zero-order valence-electron chi connectivity index (χ0n) is 8.86. The molecular weight excluding hydrogens is 192 g/mol. The van der Waals surface area contributed by atoms with E-state index < -0.39 is 0 Å². The minimum absolute atomic E-state index is 0.831. The van der Waals surface area contributed by atoms with Gasteiger partial charge in [-0.05, 0) is 7.05 Å². The first-order chi connectivity index (χ1) is 7.33. The van der Waals surface area contributed by atoms with Gasteiger partial charge in [-0.1, -0.05) is 0 Å². The van der Waals surface area contributed by atoms with Crippen LogP contribution >= 0.6 is 0 Å². The van der Waals surface area contributed by atoms with Crippen molar-refractivity contribution in [2.75, 3.05) is 25.5 Å². The van der Waals surface area contributed by atoms with Crippen molar-refractivity contribution in [2.45, 2.75) is 0 Å². The van der Waals surface area contributed by atoms with Gasteiger partial charge >= 0.3 is 0 Å². The summed E-state index contributed by atoms with van der Waals surface area (Å²) in [6.07, 6.45) is 3.32. The Hall–Kier alpha value is -1.69. The molecule has 0 fully saturated rings. The molecule has 2 aromatic rings. The summed E-state index contributed by atoms with van der Waals surface area (Å²) in [6.45, 7) is 1.73. The van der Waals surface area contributed by atoms with Crippen LogP contribution in [0.3, 0.4) is 0 Å². The predicted molar refractivity (Wildman–Crippen MR) is 58.7 cm³/mol. The minimum Gasteiger partial charge on any atom is -0.368 e. The number of nitrogens with one attached hydrogen (secondary N) is 2.